The largest absolute Gasteiger partial charge is 0.417 e. The molecule has 3 N–H and O–H groups in total. The molecule has 0 radical (unpaired) electrons. The van der Waals surface area contributed by atoms with Crippen LogP contribution < -0.4 is 15.8 Å². The van der Waals surface area contributed by atoms with Crippen LogP contribution in [0.5, 0.6) is 5.75 Å². The van der Waals surface area contributed by atoms with Gasteiger partial charge >= 0.3 is 6.09 Å². The fraction of sp³-hybridized carbons (Fsp3) is 0. The number of carbonyl (C=O) groups excluding carboxylic acids is 1. The van der Waals surface area contributed by atoms with Crippen molar-refractivity contribution in [2.24, 2.45) is 0 Å². The lowest BCUT2D eigenvalue weighted by molar-refractivity contribution is 0.213. The molecule has 0 heterocycles. The van der Waals surface area contributed by atoms with Crippen molar-refractivity contribution in [1.29, 1.82) is 0 Å². The maximum Gasteiger partial charge on any atom is 0.417 e. The first-order valence-corrected chi connectivity index (χ1v) is 5.24. The van der Waals surface area contributed by atoms with Crippen LogP contribution in [-0.2, 0) is 0 Å². The number of anilines is 2. The number of rotatable bonds is 2. The van der Waals surface area contributed by atoms with E-state index < -0.39 is 11.9 Å². The predicted octanol–water partition coefficient (Wildman–Crippen LogP) is 3.02. The predicted molar refractivity (Wildman–Crippen MR) is 66.9 cm³/mol. The molecule has 2 aromatic carbocycles. The minimum atomic E-state index is -0.772. The Hall–Kier alpha value is -2.56. The maximum absolute atomic E-state index is 13.2. The highest BCUT2D eigenvalue weighted by molar-refractivity contribution is 5.86. The van der Waals surface area contributed by atoms with Crippen LogP contribution in [0, 0.1) is 5.82 Å². The van der Waals surface area contributed by atoms with Crippen molar-refractivity contribution in [3.8, 4) is 5.75 Å². The van der Waals surface area contributed by atoms with Crippen LogP contribution in [0.4, 0.5) is 20.6 Å². The van der Waals surface area contributed by atoms with Gasteiger partial charge in [0, 0.05) is 11.4 Å². The van der Waals surface area contributed by atoms with E-state index in [9.17, 15) is 9.18 Å². The average Bonchev–Trinajstić information content (AvgIpc) is 2.32. The van der Waals surface area contributed by atoms with Gasteiger partial charge in [0.05, 0.1) is 0 Å². The lowest BCUT2D eigenvalue weighted by Gasteiger charge is -2.07. The van der Waals surface area contributed by atoms with Crippen molar-refractivity contribution in [3.63, 3.8) is 0 Å². The smallest absolute Gasteiger partial charge is 0.407 e. The topological polar surface area (TPSA) is 64.3 Å². The van der Waals surface area contributed by atoms with E-state index in [1.54, 1.807) is 30.3 Å². The molecule has 4 nitrogen and oxygen atoms in total. The molecule has 0 aromatic heterocycles. The van der Waals surface area contributed by atoms with Gasteiger partial charge < -0.3 is 10.5 Å². The third kappa shape index (κ3) is 2.98. The van der Waals surface area contributed by atoms with Gasteiger partial charge in [-0.15, -0.1) is 0 Å². The zero-order valence-corrected chi connectivity index (χ0v) is 9.39. The molecule has 1 amide bonds. The molecule has 0 bridgehead atoms. The van der Waals surface area contributed by atoms with Gasteiger partial charge in [-0.1, -0.05) is 18.2 Å². The number of carbonyl (C=O) groups is 1. The fourth-order valence-corrected chi connectivity index (χ4v) is 1.39. The van der Waals surface area contributed by atoms with Crippen molar-refractivity contribution < 1.29 is 13.9 Å². The number of hydrogen-bond acceptors (Lipinski definition) is 3. The molecular formula is C13H11FN2O2. The van der Waals surface area contributed by atoms with E-state index >= 15 is 0 Å². The molecule has 0 unspecified atom stereocenters. The van der Waals surface area contributed by atoms with E-state index in [1.165, 1.54) is 18.2 Å². The third-order valence-corrected chi connectivity index (χ3v) is 2.17. The first-order valence-electron chi connectivity index (χ1n) is 5.24. The molecule has 18 heavy (non-hydrogen) atoms. The Morgan fingerprint density at radius 1 is 1.17 bits per heavy atom. The molecule has 0 aliphatic rings. The van der Waals surface area contributed by atoms with Crippen molar-refractivity contribution in [1.82, 2.24) is 0 Å². The summed E-state index contributed by atoms with van der Waals surface area (Å²) in [6.45, 7) is 0. The molecule has 5 heteroatoms. The summed E-state index contributed by atoms with van der Waals surface area (Å²) in [6, 6.07) is 12.3. The summed E-state index contributed by atoms with van der Waals surface area (Å²) in [7, 11) is 0. The minimum Gasteiger partial charge on any atom is -0.407 e. The molecule has 0 fully saturated rings. The summed E-state index contributed by atoms with van der Waals surface area (Å²) in [5.74, 6) is -0.723. The van der Waals surface area contributed by atoms with E-state index in [4.69, 9.17) is 10.5 Å². The molecule has 92 valence electrons. The van der Waals surface area contributed by atoms with E-state index in [-0.39, 0.29) is 5.75 Å². The van der Waals surface area contributed by atoms with Crippen LogP contribution in [0.1, 0.15) is 0 Å². The summed E-state index contributed by atoms with van der Waals surface area (Å²) in [5, 5.41) is 2.45. The van der Waals surface area contributed by atoms with Crippen LogP contribution in [0.25, 0.3) is 0 Å². The van der Waals surface area contributed by atoms with E-state index in [1.807, 2.05) is 0 Å². The van der Waals surface area contributed by atoms with Gasteiger partial charge in [0.15, 0.2) is 11.6 Å². The Morgan fingerprint density at radius 3 is 2.67 bits per heavy atom. The molecule has 2 aromatic rings. The second-order valence-corrected chi connectivity index (χ2v) is 3.57. The standard InChI is InChI=1S/C13H11FN2O2/c14-11-6-1-2-7-12(11)18-13(17)16-10-5-3-4-9(15)8-10/h1-8H,15H2,(H,16,17). The van der Waals surface area contributed by atoms with E-state index in [0.717, 1.165) is 0 Å². The molecule has 0 saturated carbocycles. The monoisotopic (exact) mass is 246 g/mol. The van der Waals surface area contributed by atoms with E-state index in [2.05, 4.69) is 5.32 Å². The SMILES string of the molecule is Nc1cccc(NC(=O)Oc2ccccc2F)c1. The van der Waals surface area contributed by atoms with Crippen LogP contribution in [-0.4, -0.2) is 6.09 Å². The third-order valence-electron chi connectivity index (χ3n) is 2.17. The van der Waals surface area contributed by atoms with Crippen molar-refractivity contribution in [2.45, 2.75) is 0 Å². The Morgan fingerprint density at radius 2 is 1.94 bits per heavy atom. The van der Waals surface area contributed by atoms with Crippen molar-refractivity contribution in [2.75, 3.05) is 11.1 Å². The Kier molecular flexibility index (Phi) is 3.43. The Labute approximate surface area is 103 Å². The minimum absolute atomic E-state index is 0.126. The fourth-order valence-electron chi connectivity index (χ4n) is 1.39. The average molecular weight is 246 g/mol. The number of nitrogens with one attached hydrogen (secondary N) is 1. The number of ether oxygens (including phenoxy) is 1. The molecule has 0 atom stereocenters. The summed E-state index contributed by atoms with van der Waals surface area (Å²) < 4.78 is 18.1. The number of halogens is 1. The zero-order valence-electron chi connectivity index (χ0n) is 9.39. The second kappa shape index (κ2) is 5.18. The number of nitrogen functional groups attached to an aromatic ring is 1. The first kappa shape index (κ1) is 11.9. The number of amides is 1. The Balaban J connectivity index is 2.03. The quantitative estimate of drug-likeness (QED) is 0.800. The molecule has 0 aliphatic heterocycles. The lowest BCUT2D eigenvalue weighted by atomic mass is 10.3. The van der Waals surface area contributed by atoms with Gasteiger partial charge in [0.25, 0.3) is 0 Å². The number of nitrogens with two attached hydrogens (primary N) is 1. The van der Waals surface area contributed by atoms with Gasteiger partial charge in [0.1, 0.15) is 0 Å². The summed E-state index contributed by atoms with van der Waals surface area (Å²) in [5.41, 5.74) is 6.55. The van der Waals surface area contributed by atoms with Crippen LogP contribution in [0.3, 0.4) is 0 Å². The van der Waals surface area contributed by atoms with Gasteiger partial charge in [-0.05, 0) is 30.3 Å². The lowest BCUT2D eigenvalue weighted by Crippen LogP contribution is -2.17. The number of benzene rings is 2. The van der Waals surface area contributed by atoms with Gasteiger partial charge in [-0.3, -0.25) is 5.32 Å². The van der Waals surface area contributed by atoms with Crippen LogP contribution in [0.15, 0.2) is 48.5 Å². The van der Waals surface area contributed by atoms with Gasteiger partial charge in [-0.25, -0.2) is 9.18 Å². The maximum atomic E-state index is 13.2. The highest BCUT2D eigenvalue weighted by Gasteiger charge is 2.08. The molecule has 2 rings (SSSR count). The highest BCUT2D eigenvalue weighted by Crippen LogP contribution is 2.17. The van der Waals surface area contributed by atoms with E-state index in [0.29, 0.717) is 11.4 Å². The van der Waals surface area contributed by atoms with Crippen LogP contribution >= 0.6 is 0 Å². The van der Waals surface area contributed by atoms with Gasteiger partial charge in [-0.2, -0.15) is 0 Å². The normalized spacial score (nSPS) is 9.83. The summed E-state index contributed by atoms with van der Waals surface area (Å²) in [4.78, 5) is 11.5. The number of hydrogen-bond donors (Lipinski definition) is 2. The molecule has 0 spiro atoms. The van der Waals surface area contributed by atoms with Crippen molar-refractivity contribution >= 4 is 17.5 Å². The van der Waals surface area contributed by atoms with Gasteiger partial charge in [0.2, 0.25) is 0 Å². The first-order chi connectivity index (χ1) is 8.65. The van der Waals surface area contributed by atoms with Crippen molar-refractivity contribution in [3.05, 3.63) is 54.3 Å². The summed E-state index contributed by atoms with van der Waals surface area (Å²) >= 11 is 0. The van der Waals surface area contributed by atoms with Crippen LogP contribution in [0.2, 0.25) is 0 Å². The highest BCUT2D eigenvalue weighted by atomic mass is 19.1. The summed E-state index contributed by atoms with van der Waals surface area (Å²) in [6.07, 6.45) is -0.772. The molecular weight excluding hydrogens is 235 g/mol. The zero-order chi connectivity index (χ0) is 13.0. The molecule has 0 saturated heterocycles. The second-order valence-electron chi connectivity index (χ2n) is 3.57. The number of para-hydroxylation sites is 1. The molecule has 0 aliphatic carbocycles. The Bertz CT molecular complexity index is 572.